The third kappa shape index (κ3) is 3.79. The number of rotatable bonds is 4. The molecule has 0 bridgehead atoms. The van der Waals surface area contributed by atoms with Gasteiger partial charge in [0, 0.05) is 4.47 Å². The number of aryl methyl sites for hydroxylation is 1. The van der Waals surface area contributed by atoms with Crippen molar-refractivity contribution < 1.29 is 4.74 Å². The monoisotopic (exact) mass is 429 g/mol. The number of benzene rings is 2. The van der Waals surface area contributed by atoms with Crippen LogP contribution in [0.5, 0.6) is 5.75 Å². The SMILES string of the molecule is C#CCOc1ccc(C=Nn2c(C)nc3ccc(Br)cc3c2=O)cc1Cl. The van der Waals surface area contributed by atoms with Crippen LogP contribution >= 0.6 is 27.5 Å². The van der Waals surface area contributed by atoms with Gasteiger partial charge in [-0.05, 0) is 48.9 Å². The molecule has 2 aromatic carbocycles. The van der Waals surface area contributed by atoms with Gasteiger partial charge in [0.15, 0.2) is 0 Å². The molecule has 0 atom stereocenters. The van der Waals surface area contributed by atoms with Gasteiger partial charge in [0.2, 0.25) is 0 Å². The van der Waals surface area contributed by atoms with E-state index in [1.807, 2.05) is 6.07 Å². The summed E-state index contributed by atoms with van der Waals surface area (Å²) in [5.41, 5.74) is 1.09. The minimum Gasteiger partial charge on any atom is -0.479 e. The number of hydrogen-bond donors (Lipinski definition) is 0. The van der Waals surface area contributed by atoms with Crippen LogP contribution in [0.15, 0.2) is 50.8 Å². The molecule has 0 spiro atoms. The van der Waals surface area contributed by atoms with E-state index in [9.17, 15) is 4.79 Å². The van der Waals surface area contributed by atoms with E-state index >= 15 is 0 Å². The summed E-state index contributed by atoms with van der Waals surface area (Å²) in [4.78, 5) is 17.1. The maximum Gasteiger partial charge on any atom is 0.282 e. The van der Waals surface area contributed by atoms with Crippen molar-refractivity contribution in [1.82, 2.24) is 9.66 Å². The van der Waals surface area contributed by atoms with Gasteiger partial charge in [-0.3, -0.25) is 4.79 Å². The predicted molar refractivity (Wildman–Crippen MR) is 107 cm³/mol. The average Bonchev–Trinajstić information content (AvgIpc) is 2.61. The number of hydrogen-bond acceptors (Lipinski definition) is 4. The maximum absolute atomic E-state index is 12.7. The van der Waals surface area contributed by atoms with Crippen molar-refractivity contribution >= 4 is 44.6 Å². The molecule has 0 aliphatic carbocycles. The highest BCUT2D eigenvalue weighted by Gasteiger charge is 2.08. The first kappa shape index (κ1) is 18.2. The van der Waals surface area contributed by atoms with Crippen LogP contribution in [0.2, 0.25) is 5.02 Å². The molecule has 0 fully saturated rings. The summed E-state index contributed by atoms with van der Waals surface area (Å²) in [5.74, 6) is 3.36. The molecular weight excluding hydrogens is 418 g/mol. The fraction of sp³-hybridized carbons (Fsp3) is 0.105. The van der Waals surface area contributed by atoms with Crippen LogP contribution in [0.4, 0.5) is 0 Å². The smallest absolute Gasteiger partial charge is 0.282 e. The quantitative estimate of drug-likeness (QED) is 0.464. The Morgan fingerprint density at radius 3 is 2.92 bits per heavy atom. The van der Waals surface area contributed by atoms with E-state index in [0.29, 0.717) is 33.1 Å². The molecule has 0 N–H and O–H groups in total. The van der Waals surface area contributed by atoms with E-state index in [1.54, 1.807) is 37.3 Å². The van der Waals surface area contributed by atoms with Crippen molar-refractivity contribution in [1.29, 1.82) is 0 Å². The van der Waals surface area contributed by atoms with E-state index in [0.717, 1.165) is 4.47 Å². The van der Waals surface area contributed by atoms with Gasteiger partial charge >= 0.3 is 0 Å². The molecule has 0 amide bonds. The average molecular weight is 431 g/mol. The van der Waals surface area contributed by atoms with E-state index < -0.39 is 0 Å². The largest absolute Gasteiger partial charge is 0.479 e. The molecule has 1 aromatic heterocycles. The van der Waals surface area contributed by atoms with Crippen LogP contribution in [0.3, 0.4) is 0 Å². The summed E-state index contributed by atoms with van der Waals surface area (Å²) >= 11 is 9.53. The topological polar surface area (TPSA) is 56.5 Å². The highest BCUT2D eigenvalue weighted by molar-refractivity contribution is 9.10. The fourth-order valence-corrected chi connectivity index (χ4v) is 2.96. The van der Waals surface area contributed by atoms with Gasteiger partial charge < -0.3 is 4.74 Å². The third-order valence-electron chi connectivity index (χ3n) is 3.56. The standard InChI is InChI=1S/C19H13BrClN3O2/c1-3-8-26-18-7-4-13(9-16(18)21)11-22-24-12(2)23-17-6-5-14(20)10-15(17)19(24)25/h1,4-7,9-11H,8H2,2H3. The second-order valence-corrected chi connectivity index (χ2v) is 6.69. The summed E-state index contributed by atoms with van der Waals surface area (Å²) in [5, 5.41) is 5.15. The first-order valence-electron chi connectivity index (χ1n) is 7.58. The van der Waals surface area contributed by atoms with Crippen molar-refractivity contribution in [2.75, 3.05) is 6.61 Å². The lowest BCUT2D eigenvalue weighted by Gasteiger charge is -2.07. The first-order chi connectivity index (χ1) is 12.5. The van der Waals surface area contributed by atoms with E-state index in [-0.39, 0.29) is 12.2 Å². The van der Waals surface area contributed by atoms with E-state index in [4.69, 9.17) is 22.8 Å². The number of terminal acetylenes is 1. The zero-order chi connectivity index (χ0) is 18.7. The Kier molecular flexibility index (Phi) is 5.40. The van der Waals surface area contributed by atoms with Gasteiger partial charge in [0.05, 0.1) is 22.1 Å². The summed E-state index contributed by atoms with van der Waals surface area (Å²) in [7, 11) is 0. The molecule has 1 heterocycles. The molecule has 0 radical (unpaired) electrons. The van der Waals surface area contributed by atoms with Gasteiger partial charge in [-0.15, -0.1) is 6.42 Å². The van der Waals surface area contributed by atoms with Crippen LogP contribution in [-0.2, 0) is 0 Å². The second-order valence-electron chi connectivity index (χ2n) is 5.36. The molecule has 26 heavy (non-hydrogen) atoms. The van der Waals surface area contributed by atoms with Gasteiger partial charge in [-0.2, -0.15) is 9.78 Å². The number of ether oxygens (including phenoxy) is 1. The Morgan fingerprint density at radius 2 is 2.19 bits per heavy atom. The summed E-state index contributed by atoms with van der Waals surface area (Å²) < 4.78 is 7.38. The van der Waals surface area contributed by atoms with Crippen LogP contribution < -0.4 is 10.3 Å². The molecule has 0 aliphatic heterocycles. The molecule has 0 saturated carbocycles. The third-order valence-corrected chi connectivity index (χ3v) is 4.35. The van der Waals surface area contributed by atoms with E-state index in [1.165, 1.54) is 10.9 Å². The van der Waals surface area contributed by atoms with Crippen molar-refractivity contribution in [3.8, 4) is 18.1 Å². The Hall–Kier alpha value is -2.62. The molecule has 7 heteroatoms. The minimum absolute atomic E-state index is 0.139. The van der Waals surface area contributed by atoms with Crippen molar-refractivity contribution in [2.45, 2.75) is 6.92 Å². The molecule has 130 valence electrons. The van der Waals surface area contributed by atoms with Crippen LogP contribution in [0.25, 0.3) is 10.9 Å². The molecule has 5 nitrogen and oxygen atoms in total. The Morgan fingerprint density at radius 1 is 1.38 bits per heavy atom. The molecule has 3 aromatic rings. The normalized spacial score (nSPS) is 11.0. The fourth-order valence-electron chi connectivity index (χ4n) is 2.35. The second kappa shape index (κ2) is 7.73. The number of aromatic nitrogens is 2. The first-order valence-corrected chi connectivity index (χ1v) is 8.76. The van der Waals surface area contributed by atoms with E-state index in [2.05, 4.69) is 31.9 Å². The lowest BCUT2D eigenvalue weighted by Crippen LogP contribution is -2.20. The van der Waals surface area contributed by atoms with Crippen molar-refractivity contribution in [3.05, 3.63) is 67.6 Å². The molecular formula is C19H13BrClN3O2. The Balaban J connectivity index is 1.97. The lowest BCUT2D eigenvalue weighted by atomic mass is 10.2. The number of halogens is 2. The summed E-state index contributed by atoms with van der Waals surface area (Å²) in [6, 6.07) is 10.5. The Bertz CT molecular complexity index is 1120. The summed E-state index contributed by atoms with van der Waals surface area (Å²) in [6.45, 7) is 1.87. The number of fused-ring (bicyclic) bond motifs is 1. The van der Waals surface area contributed by atoms with Crippen LogP contribution in [0, 0.1) is 19.3 Å². The zero-order valence-corrected chi connectivity index (χ0v) is 16.1. The van der Waals surface area contributed by atoms with Crippen LogP contribution in [-0.4, -0.2) is 22.5 Å². The van der Waals surface area contributed by atoms with Gasteiger partial charge in [-0.1, -0.05) is 33.5 Å². The zero-order valence-electron chi connectivity index (χ0n) is 13.7. The summed E-state index contributed by atoms with van der Waals surface area (Å²) in [6.07, 6.45) is 6.70. The molecule has 0 saturated heterocycles. The number of nitrogens with zero attached hydrogens (tertiary/aromatic N) is 3. The molecule has 0 unspecified atom stereocenters. The maximum atomic E-state index is 12.7. The van der Waals surface area contributed by atoms with Gasteiger partial charge in [-0.25, -0.2) is 4.98 Å². The van der Waals surface area contributed by atoms with Crippen LogP contribution in [0.1, 0.15) is 11.4 Å². The molecule has 0 aliphatic rings. The van der Waals surface area contributed by atoms with Gasteiger partial charge in [0.1, 0.15) is 18.2 Å². The predicted octanol–water partition coefficient (Wildman–Crippen LogP) is 4.02. The highest BCUT2D eigenvalue weighted by Crippen LogP contribution is 2.24. The van der Waals surface area contributed by atoms with Crippen molar-refractivity contribution in [2.24, 2.45) is 5.10 Å². The van der Waals surface area contributed by atoms with Crippen molar-refractivity contribution in [3.63, 3.8) is 0 Å². The van der Waals surface area contributed by atoms with Gasteiger partial charge in [0.25, 0.3) is 5.56 Å². The molecule has 3 rings (SSSR count). The minimum atomic E-state index is -0.245. The Labute approximate surface area is 163 Å². The highest BCUT2D eigenvalue weighted by atomic mass is 79.9. The lowest BCUT2D eigenvalue weighted by molar-refractivity contribution is 0.370.